The maximum absolute atomic E-state index is 5.59. The van der Waals surface area contributed by atoms with Crippen molar-refractivity contribution in [2.45, 2.75) is 45.6 Å². The Labute approximate surface area is 87.7 Å². The van der Waals surface area contributed by atoms with E-state index in [4.69, 9.17) is 4.74 Å². The second-order valence-electron chi connectivity index (χ2n) is 3.91. The highest BCUT2D eigenvalue weighted by Crippen LogP contribution is 2.15. The number of nitrogens with one attached hydrogen (secondary N) is 1. The topological polar surface area (TPSA) is 21.3 Å². The van der Waals surface area contributed by atoms with E-state index in [0.29, 0.717) is 6.10 Å². The van der Waals surface area contributed by atoms with Gasteiger partial charge >= 0.3 is 0 Å². The molecule has 0 amide bonds. The number of hydrogen-bond acceptors (Lipinski definition) is 2. The van der Waals surface area contributed by atoms with Crippen LogP contribution in [0.1, 0.15) is 39.5 Å². The van der Waals surface area contributed by atoms with Crippen LogP contribution in [0.4, 0.5) is 0 Å². The van der Waals surface area contributed by atoms with E-state index in [-0.39, 0.29) is 0 Å². The number of rotatable bonds is 6. The fraction of sp³-hybridized carbons (Fsp3) is 0.833. The van der Waals surface area contributed by atoms with Gasteiger partial charge in [0.05, 0.1) is 6.10 Å². The van der Waals surface area contributed by atoms with Crippen LogP contribution in [0.2, 0.25) is 0 Å². The third kappa shape index (κ3) is 4.25. The van der Waals surface area contributed by atoms with Gasteiger partial charge in [-0.15, -0.1) is 0 Å². The minimum atomic E-state index is 0.397. The molecule has 2 heteroatoms. The normalized spacial score (nSPS) is 23.0. The van der Waals surface area contributed by atoms with Crippen LogP contribution in [-0.4, -0.2) is 25.8 Å². The van der Waals surface area contributed by atoms with E-state index in [1.54, 1.807) is 0 Å². The van der Waals surface area contributed by atoms with Crippen molar-refractivity contribution in [3.63, 3.8) is 0 Å². The van der Waals surface area contributed by atoms with Crippen molar-refractivity contribution in [2.24, 2.45) is 0 Å². The Hall–Kier alpha value is -0.340. The highest BCUT2D eigenvalue weighted by atomic mass is 16.5. The lowest BCUT2D eigenvalue weighted by atomic mass is 10.1. The molecule has 0 aromatic rings. The summed E-state index contributed by atoms with van der Waals surface area (Å²) in [7, 11) is 0. The molecular formula is C12H23NO. The standard InChI is InChI=1S/C12H23NO/c1-3-7-13-10-11(4-2)9-12-6-5-8-14-12/h9,12-13H,3-8,10H2,1-2H3/b11-9-. The van der Waals surface area contributed by atoms with E-state index in [0.717, 1.165) is 26.1 Å². The van der Waals surface area contributed by atoms with Gasteiger partial charge in [0.2, 0.25) is 0 Å². The summed E-state index contributed by atoms with van der Waals surface area (Å²) in [6.07, 6.45) is 7.48. The van der Waals surface area contributed by atoms with Gasteiger partial charge in [-0.2, -0.15) is 0 Å². The summed E-state index contributed by atoms with van der Waals surface area (Å²) in [4.78, 5) is 0. The molecule has 0 aliphatic carbocycles. The summed E-state index contributed by atoms with van der Waals surface area (Å²) in [5.74, 6) is 0. The van der Waals surface area contributed by atoms with Gasteiger partial charge in [0.1, 0.15) is 0 Å². The fourth-order valence-corrected chi connectivity index (χ4v) is 1.72. The van der Waals surface area contributed by atoms with Crippen LogP contribution in [0.5, 0.6) is 0 Å². The lowest BCUT2D eigenvalue weighted by Crippen LogP contribution is -2.18. The number of hydrogen-bond donors (Lipinski definition) is 1. The fourth-order valence-electron chi connectivity index (χ4n) is 1.72. The zero-order valence-electron chi connectivity index (χ0n) is 9.51. The maximum atomic E-state index is 5.59. The molecule has 0 bridgehead atoms. The van der Waals surface area contributed by atoms with Crippen molar-refractivity contribution in [1.82, 2.24) is 5.32 Å². The molecule has 0 saturated carbocycles. The summed E-state index contributed by atoms with van der Waals surface area (Å²) < 4.78 is 5.59. The van der Waals surface area contributed by atoms with Crippen LogP contribution in [0, 0.1) is 0 Å². The van der Waals surface area contributed by atoms with Gasteiger partial charge in [0, 0.05) is 13.2 Å². The Kier molecular flexibility index (Phi) is 5.88. The molecule has 1 atom stereocenters. The summed E-state index contributed by atoms with van der Waals surface area (Å²) >= 11 is 0. The first kappa shape index (κ1) is 11.7. The van der Waals surface area contributed by atoms with Crippen LogP contribution in [0.15, 0.2) is 11.6 Å². The molecule has 1 aliphatic heterocycles. The van der Waals surface area contributed by atoms with Gasteiger partial charge in [-0.1, -0.05) is 25.5 Å². The van der Waals surface area contributed by atoms with Crippen molar-refractivity contribution >= 4 is 0 Å². The Bertz CT molecular complexity index is 171. The van der Waals surface area contributed by atoms with Crippen molar-refractivity contribution < 1.29 is 4.74 Å². The molecule has 1 fully saturated rings. The molecule has 0 aromatic heterocycles. The monoisotopic (exact) mass is 197 g/mol. The molecule has 2 nitrogen and oxygen atoms in total. The molecule has 82 valence electrons. The van der Waals surface area contributed by atoms with Gasteiger partial charge in [0.25, 0.3) is 0 Å². The van der Waals surface area contributed by atoms with E-state index in [1.807, 2.05) is 0 Å². The minimum Gasteiger partial charge on any atom is -0.374 e. The Balaban J connectivity index is 2.27. The van der Waals surface area contributed by atoms with Gasteiger partial charge in [0.15, 0.2) is 0 Å². The first-order valence-electron chi connectivity index (χ1n) is 5.88. The predicted molar refractivity (Wildman–Crippen MR) is 60.5 cm³/mol. The zero-order valence-corrected chi connectivity index (χ0v) is 9.51. The summed E-state index contributed by atoms with van der Waals surface area (Å²) in [5, 5.41) is 3.44. The molecule has 14 heavy (non-hydrogen) atoms. The molecule has 1 heterocycles. The van der Waals surface area contributed by atoms with Gasteiger partial charge in [-0.25, -0.2) is 0 Å². The second kappa shape index (κ2) is 7.02. The van der Waals surface area contributed by atoms with Gasteiger partial charge in [-0.05, 0) is 32.2 Å². The molecule has 0 radical (unpaired) electrons. The largest absolute Gasteiger partial charge is 0.374 e. The quantitative estimate of drug-likeness (QED) is 0.522. The predicted octanol–water partition coefficient (Wildman–Crippen LogP) is 2.50. The smallest absolute Gasteiger partial charge is 0.0759 e. The van der Waals surface area contributed by atoms with Gasteiger partial charge in [-0.3, -0.25) is 0 Å². The van der Waals surface area contributed by atoms with Crippen LogP contribution in [-0.2, 0) is 4.74 Å². The summed E-state index contributed by atoms with van der Waals surface area (Å²) in [6.45, 7) is 7.50. The second-order valence-corrected chi connectivity index (χ2v) is 3.91. The molecular weight excluding hydrogens is 174 g/mol. The van der Waals surface area contributed by atoms with E-state index >= 15 is 0 Å². The Morgan fingerprint density at radius 1 is 1.50 bits per heavy atom. The van der Waals surface area contributed by atoms with E-state index in [2.05, 4.69) is 25.2 Å². The van der Waals surface area contributed by atoms with Crippen LogP contribution >= 0.6 is 0 Å². The third-order valence-corrected chi connectivity index (χ3v) is 2.62. The molecule has 1 aliphatic rings. The lowest BCUT2D eigenvalue weighted by Gasteiger charge is -2.09. The van der Waals surface area contributed by atoms with E-state index < -0.39 is 0 Å². The van der Waals surface area contributed by atoms with Gasteiger partial charge < -0.3 is 10.1 Å². The summed E-state index contributed by atoms with van der Waals surface area (Å²) in [6, 6.07) is 0. The lowest BCUT2D eigenvalue weighted by molar-refractivity contribution is 0.145. The molecule has 1 rings (SSSR count). The first-order chi connectivity index (χ1) is 6.86. The highest BCUT2D eigenvalue weighted by Gasteiger charge is 2.12. The van der Waals surface area contributed by atoms with Crippen LogP contribution in [0.3, 0.4) is 0 Å². The average molecular weight is 197 g/mol. The van der Waals surface area contributed by atoms with Crippen molar-refractivity contribution in [3.05, 3.63) is 11.6 Å². The first-order valence-corrected chi connectivity index (χ1v) is 5.88. The minimum absolute atomic E-state index is 0.397. The molecule has 0 aromatic carbocycles. The molecule has 1 saturated heterocycles. The summed E-state index contributed by atoms with van der Waals surface area (Å²) in [5.41, 5.74) is 1.49. The van der Waals surface area contributed by atoms with E-state index in [9.17, 15) is 0 Å². The van der Waals surface area contributed by atoms with Crippen molar-refractivity contribution in [2.75, 3.05) is 19.7 Å². The van der Waals surface area contributed by atoms with E-state index in [1.165, 1.54) is 24.8 Å². The van der Waals surface area contributed by atoms with Crippen molar-refractivity contribution in [3.8, 4) is 0 Å². The maximum Gasteiger partial charge on any atom is 0.0759 e. The Morgan fingerprint density at radius 3 is 2.93 bits per heavy atom. The molecule has 1 N–H and O–H groups in total. The SMILES string of the molecule is CCCNC/C(=C\C1CCCO1)CC. The molecule has 1 unspecified atom stereocenters. The average Bonchev–Trinajstić information content (AvgIpc) is 2.69. The van der Waals surface area contributed by atoms with Crippen molar-refractivity contribution in [1.29, 1.82) is 0 Å². The number of ether oxygens (including phenoxy) is 1. The molecule has 0 spiro atoms. The highest BCUT2D eigenvalue weighted by molar-refractivity contribution is 5.07. The van der Waals surface area contributed by atoms with Crippen LogP contribution in [0.25, 0.3) is 0 Å². The van der Waals surface area contributed by atoms with Crippen LogP contribution < -0.4 is 5.32 Å². The zero-order chi connectivity index (χ0) is 10.2. The Morgan fingerprint density at radius 2 is 2.36 bits per heavy atom. The third-order valence-electron chi connectivity index (χ3n) is 2.62.